The van der Waals surface area contributed by atoms with Crippen molar-refractivity contribution in [3.8, 4) is 6.07 Å². The number of anilines is 1. The molecule has 0 aliphatic rings. The maximum absolute atomic E-state index is 11.1. The average Bonchev–Trinajstić information content (AvgIpc) is 2.98. The van der Waals surface area contributed by atoms with Gasteiger partial charge in [-0.15, -0.1) is 0 Å². The van der Waals surface area contributed by atoms with E-state index in [1.165, 1.54) is 6.07 Å². The Labute approximate surface area is 139 Å². The zero-order valence-electron chi connectivity index (χ0n) is 13.7. The van der Waals surface area contributed by atoms with E-state index in [-0.39, 0.29) is 11.3 Å². The van der Waals surface area contributed by atoms with Crippen molar-refractivity contribution in [3.63, 3.8) is 0 Å². The molecule has 0 saturated heterocycles. The van der Waals surface area contributed by atoms with Gasteiger partial charge in [-0.3, -0.25) is 10.1 Å². The fourth-order valence-electron chi connectivity index (χ4n) is 2.20. The summed E-state index contributed by atoms with van der Waals surface area (Å²) in [4.78, 5) is 14.9. The number of benzene rings is 1. The summed E-state index contributed by atoms with van der Waals surface area (Å²) >= 11 is 0. The van der Waals surface area contributed by atoms with Gasteiger partial charge in [0.15, 0.2) is 5.82 Å². The predicted octanol–water partition coefficient (Wildman–Crippen LogP) is 3.09. The third-order valence-electron chi connectivity index (χ3n) is 3.31. The Hall–Kier alpha value is -2.95. The highest BCUT2D eigenvalue weighted by atomic mass is 16.6. The molecule has 24 heavy (non-hydrogen) atoms. The number of hydrogen-bond acceptors (Lipinski definition) is 7. The van der Waals surface area contributed by atoms with Crippen LogP contribution < -0.4 is 5.32 Å². The van der Waals surface area contributed by atoms with Crippen LogP contribution in [0.15, 0.2) is 22.7 Å². The first-order valence-electron chi connectivity index (χ1n) is 7.73. The number of nitro groups is 1. The molecule has 0 aliphatic heterocycles. The van der Waals surface area contributed by atoms with Crippen molar-refractivity contribution in [3.05, 3.63) is 45.6 Å². The SMILES string of the molecule is CC(C)Cc1noc(CCCNc2ccc(C#N)cc2[N+](=O)[O-])n1. The fraction of sp³-hybridized carbons (Fsp3) is 0.438. The van der Waals surface area contributed by atoms with Crippen LogP contribution in [0.4, 0.5) is 11.4 Å². The van der Waals surface area contributed by atoms with Crippen molar-refractivity contribution in [1.82, 2.24) is 10.1 Å². The third kappa shape index (κ3) is 4.78. The topological polar surface area (TPSA) is 118 Å². The maximum Gasteiger partial charge on any atom is 0.293 e. The Morgan fingerprint density at radius 3 is 2.92 bits per heavy atom. The molecule has 1 aromatic carbocycles. The number of nitrogens with one attached hydrogen (secondary N) is 1. The van der Waals surface area contributed by atoms with E-state index in [1.54, 1.807) is 12.1 Å². The summed E-state index contributed by atoms with van der Waals surface area (Å²) in [7, 11) is 0. The van der Waals surface area contributed by atoms with E-state index >= 15 is 0 Å². The summed E-state index contributed by atoms with van der Waals surface area (Å²) in [6.07, 6.45) is 2.07. The van der Waals surface area contributed by atoms with E-state index in [0.29, 0.717) is 42.7 Å². The highest BCUT2D eigenvalue weighted by Gasteiger charge is 2.14. The molecule has 0 aliphatic carbocycles. The van der Waals surface area contributed by atoms with Crippen LogP contribution in [-0.2, 0) is 12.8 Å². The monoisotopic (exact) mass is 329 g/mol. The van der Waals surface area contributed by atoms with E-state index in [9.17, 15) is 10.1 Å². The molecule has 0 radical (unpaired) electrons. The van der Waals surface area contributed by atoms with Crippen LogP contribution in [0.25, 0.3) is 0 Å². The molecule has 1 heterocycles. The van der Waals surface area contributed by atoms with Gasteiger partial charge in [-0.25, -0.2) is 0 Å². The molecule has 126 valence electrons. The van der Waals surface area contributed by atoms with E-state index in [2.05, 4.69) is 29.3 Å². The van der Waals surface area contributed by atoms with E-state index in [0.717, 1.165) is 6.42 Å². The minimum Gasteiger partial charge on any atom is -0.379 e. The molecule has 2 aromatic rings. The summed E-state index contributed by atoms with van der Waals surface area (Å²) in [5.41, 5.74) is 0.548. The number of nitrogens with zero attached hydrogens (tertiary/aromatic N) is 4. The summed E-state index contributed by atoms with van der Waals surface area (Å²) in [5, 5.41) is 26.8. The normalized spacial score (nSPS) is 10.6. The largest absolute Gasteiger partial charge is 0.379 e. The van der Waals surface area contributed by atoms with Crippen LogP contribution in [0.2, 0.25) is 0 Å². The number of nitro benzene ring substituents is 1. The smallest absolute Gasteiger partial charge is 0.293 e. The Morgan fingerprint density at radius 2 is 2.25 bits per heavy atom. The molecule has 0 atom stereocenters. The lowest BCUT2D eigenvalue weighted by Crippen LogP contribution is -2.06. The van der Waals surface area contributed by atoms with Crippen molar-refractivity contribution in [1.29, 1.82) is 5.26 Å². The molecule has 0 unspecified atom stereocenters. The predicted molar refractivity (Wildman–Crippen MR) is 87.5 cm³/mol. The number of rotatable bonds is 8. The molecular formula is C16H19N5O3. The first-order valence-corrected chi connectivity index (χ1v) is 7.73. The lowest BCUT2D eigenvalue weighted by molar-refractivity contribution is -0.384. The highest BCUT2D eigenvalue weighted by molar-refractivity contribution is 5.63. The maximum atomic E-state index is 11.1. The minimum atomic E-state index is -0.501. The summed E-state index contributed by atoms with van der Waals surface area (Å²) < 4.78 is 5.18. The van der Waals surface area contributed by atoms with Crippen molar-refractivity contribution >= 4 is 11.4 Å². The van der Waals surface area contributed by atoms with Crippen molar-refractivity contribution < 1.29 is 9.45 Å². The van der Waals surface area contributed by atoms with Crippen LogP contribution in [-0.4, -0.2) is 21.6 Å². The summed E-state index contributed by atoms with van der Waals surface area (Å²) in [5.74, 6) is 1.74. The Bertz CT molecular complexity index is 748. The van der Waals surface area contributed by atoms with Gasteiger partial charge in [-0.2, -0.15) is 10.2 Å². The van der Waals surface area contributed by atoms with Crippen molar-refractivity contribution in [2.24, 2.45) is 5.92 Å². The number of aryl methyl sites for hydroxylation is 1. The van der Waals surface area contributed by atoms with Gasteiger partial charge < -0.3 is 9.84 Å². The highest BCUT2D eigenvalue weighted by Crippen LogP contribution is 2.25. The van der Waals surface area contributed by atoms with Crippen LogP contribution in [0, 0.1) is 27.4 Å². The van der Waals surface area contributed by atoms with E-state index in [4.69, 9.17) is 9.78 Å². The minimum absolute atomic E-state index is 0.106. The quantitative estimate of drug-likeness (QED) is 0.449. The zero-order chi connectivity index (χ0) is 17.5. The van der Waals surface area contributed by atoms with Gasteiger partial charge in [-0.1, -0.05) is 19.0 Å². The second kappa shape index (κ2) is 8.06. The average molecular weight is 329 g/mol. The van der Waals surface area contributed by atoms with Gasteiger partial charge in [0.25, 0.3) is 5.69 Å². The van der Waals surface area contributed by atoms with Crippen LogP contribution in [0.1, 0.15) is 37.5 Å². The second-order valence-corrected chi connectivity index (χ2v) is 5.83. The van der Waals surface area contributed by atoms with Crippen molar-refractivity contribution in [2.45, 2.75) is 33.1 Å². The third-order valence-corrected chi connectivity index (χ3v) is 3.31. The van der Waals surface area contributed by atoms with Gasteiger partial charge in [-0.05, 0) is 24.5 Å². The van der Waals surface area contributed by atoms with Gasteiger partial charge in [0, 0.05) is 25.5 Å². The Kier molecular flexibility index (Phi) is 5.84. The Morgan fingerprint density at radius 1 is 1.46 bits per heavy atom. The zero-order valence-corrected chi connectivity index (χ0v) is 13.7. The first-order chi connectivity index (χ1) is 11.5. The molecule has 2 rings (SSSR count). The van der Waals surface area contributed by atoms with E-state index in [1.807, 2.05) is 6.07 Å². The van der Waals surface area contributed by atoms with Crippen LogP contribution in [0.3, 0.4) is 0 Å². The van der Waals surface area contributed by atoms with Gasteiger partial charge in [0.2, 0.25) is 5.89 Å². The molecule has 0 fully saturated rings. The molecule has 0 bridgehead atoms. The van der Waals surface area contributed by atoms with Gasteiger partial charge >= 0.3 is 0 Å². The standard InChI is InChI=1S/C16H19N5O3/c1-11(2)8-15-19-16(24-20-15)4-3-7-18-13-6-5-12(10-17)9-14(13)21(22)23/h5-6,9,11,18H,3-4,7-8H2,1-2H3. The molecule has 8 nitrogen and oxygen atoms in total. The molecule has 0 spiro atoms. The fourth-order valence-corrected chi connectivity index (χ4v) is 2.20. The molecule has 1 aromatic heterocycles. The lowest BCUT2D eigenvalue weighted by Gasteiger charge is -2.06. The number of nitriles is 1. The molecule has 0 amide bonds. The van der Waals surface area contributed by atoms with Crippen LogP contribution in [0.5, 0.6) is 0 Å². The lowest BCUT2D eigenvalue weighted by atomic mass is 10.1. The molecule has 8 heteroatoms. The molecular weight excluding hydrogens is 310 g/mol. The summed E-state index contributed by atoms with van der Waals surface area (Å²) in [6, 6.07) is 6.25. The molecule has 0 saturated carbocycles. The Balaban J connectivity index is 1.87. The van der Waals surface area contributed by atoms with Crippen LogP contribution >= 0.6 is 0 Å². The van der Waals surface area contributed by atoms with Gasteiger partial charge in [0.1, 0.15) is 5.69 Å². The summed E-state index contributed by atoms with van der Waals surface area (Å²) in [6.45, 7) is 4.70. The van der Waals surface area contributed by atoms with E-state index < -0.39 is 4.92 Å². The van der Waals surface area contributed by atoms with Crippen molar-refractivity contribution in [2.75, 3.05) is 11.9 Å². The first kappa shape index (κ1) is 17.4. The molecule has 1 N–H and O–H groups in total. The number of hydrogen-bond donors (Lipinski definition) is 1. The number of aromatic nitrogens is 2. The van der Waals surface area contributed by atoms with Gasteiger partial charge in [0.05, 0.1) is 16.6 Å². The second-order valence-electron chi connectivity index (χ2n) is 5.83.